The molecule has 2 fully saturated rings. The summed E-state index contributed by atoms with van der Waals surface area (Å²) in [6, 6.07) is 20.5. The SMILES string of the molecule is Cc1cn2c(nc1=O)O[C@@H]1[C@H]2O[C@@H]2[C@H](OCc3ccccc3)CC[C@]12OCc1ccccc1. The van der Waals surface area contributed by atoms with E-state index in [1.165, 1.54) is 0 Å². The number of hydrogen-bond donors (Lipinski definition) is 0. The fraction of sp³-hybridized carbons (Fsp3) is 0.385. The molecule has 2 aromatic carbocycles. The number of nitrogens with zero attached hydrogens (tertiary/aromatic N) is 2. The van der Waals surface area contributed by atoms with Crippen molar-refractivity contribution >= 4 is 0 Å². The van der Waals surface area contributed by atoms with Gasteiger partial charge in [0.2, 0.25) is 0 Å². The maximum Gasteiger partial charge on any atom is 0.302 e. The van der Waals surface area contributed by atoms with Crippen molar-refractivity contribution in [3.8, 4) is 6.01 Å². The van der Waals surface area contributed by atoms with Gasteiger partial charge in [0.25, 0.3) is 5.56 Å². The number of fused-ring (bicyclic) bond motifs is 5. The van der Waals surface area contributed by atoms with E-state index in [-0.39, 0.29) is 23.8 Å². The summed E-state index contributed by atoms with van der Waals surface area (Å²) in [4.78, 5) is 16.2. The number of aryl methyl sites for hydroxylation is 1. The largest absolute Gasteiger partial charge is 0.453 e. The third kappa shape index (κ3) is 3.47. The molecule has 0 N–H and O–H groups in total. The van der Waals surface area contributed by atoms with Gasteiger partial charge in [0.1, 0.15) is 11.7 Å². The zero-order chi connectivity index (χ0) is 22.4. The van der Waals surface area contributed by atoms with Crippen molar-refractivity contribution in [1.82, 2.24) is 9.55 Å². The lowest BCUT2D eigenvalue weighted by Gasteiger charge is -2.33. The number of rotatable bonds is 6. The maximum atomic E-state index is 12.1. The molecular formula is C26H26N2O5. The lowest BCUT2D eigenvalue weighted by atomic mass is 9.93. The van der Waals surface area contributed by atoms with Crippen molar-refractivity contribution in [3.05, 3.63) is 93.9 Å². The first-order valence-electron chi connectivity index (χ1n) is 11.4. The molecule has 3 heterocycles. The minimum Gasteiger partial charge on any atom is -0.453 e. The van der Waals surface area contributed by atoms with E-state index in [1.54, 1.807) is 13.1 Å². The Bertz CT molecular complexity index is 1200. The lowest BCUT2D eigenvalue weighted by Crippen LogP contribution is -2.50. The van der Waals surface area contributed by atoms with Crippen molar-refractivity contribution in [3.63, 3.8) is 0 Å². The van der Waals surface area contributed by atoms with Crippen LogP contribution in [0.3, 0.4) is 0 Å². The molecule has 170 valence electrons. The fourth-order valence-electron chi connectivity index (χ4n) is 5.23. The van der Waals surface area contributed by atoms with E-state index in [4.69, 9.17) is 18.9 Å². The van der Waals surface area contributed by atoms with Crippen LogP contribution < -0.4 is 10.3 Å². The molecule has 1 aliphatic carbocycles. The van der Waals surface area contributed by atoms with E-state index in [0.29, 0.717) is 18.8 Å². The second-order valence-corrected chi connectivity index (χ2v) is 9.01. The van der Waals surface area contributed by atoms with E-state index < -0.39 is 17.9 Å². The first kappa shape index (κ1) is 20.6. The van der Waals surface area contributed by atoms with Crippen molar-refractivity contribution in [1.29, 1.82) is 0 Å². The average Bonchev–Trinajstić information content (AvgIpc) is 3.46. The van der Waals surface area contributed by atoms with Gasteiger partial charge in [0, 0.05) is 11.8 Å². The van der Waals surface area contributed by atoms with Crippen LogP contribution in [0.2, 0.25) is 0 Å². The Balaban J connectivity index is 1.29. The highest BCUT2D eigenvalue weighted by molar-refractivity contribution is 5.23. The Morgan fingerprint density at radius 2 is 1.73 bits per heavy atom. The molecule has 0 spiro atoms. The predicted octanol–water partition coefficient (Wildman–Crippen LogP) is 3.54. The third-order valence-corrected chi connectivity index (χ3v) is 6.92. The molecule has 1 aromatic heterocycles. The van der Waals surface area contributed by atoms with Crippen molar-refractivity contribution in [2.24, 2.45) is 0 Å². The summed E-state index contributed by atoms with van der Waals surface area (Å²) in [6.07, 6.45) is 2.10. The molecular weight excluding hydrogens is 420 g/mol. The van der Waals surface area contributed by atoms with Crippen LogP contribution in [0.25, 0.3) is 0 Å². The molecule has 1 saturated heterocycles. The molecule has 6 rings (SSSR count). The zero-order valence-corrected chi connectivity index (χ0v) is 18.4. The van der Waals surface area contributed by atoms with E-state index in [9.17, 15) is 4.79 Å². The van der Waals surface area contributed by atoms with E-state index in [2.05, 4.69) is 17.1 Å². The van der Waals surface area contributed by atoms with Gasteiger partial charge in [-0.1, -0.05) is 60.7 Å². The minimum atomic E-state index is -0.688. The third-order valence-electron chi connectivity index (χ3n) is 6.92. The normalized spacial score (nSPS) is 29.4. The van der Waals surface area contributed by atoms with Gasteiger partial charge in [-0.2, -0.15) is 4.98 Å². The molecule has 2 aliphatic heterocycles. The molecule has 0 radical (unpaired) electrons. The van der Waals surface area contributed by atoms with Crippen molar-refractivity contribution < 1.29 is 18.9 Å². The van der Waals surface area contributed by atoms with Crippen molar-refractivity contribution in [2.75, 3.05) is 0 Å². The van der Waals surface area contributed by atoms with Gasteiger partial charge in [0.05, 0.1) is 19.3 Å². The van der Waals surface area contributed by atoms with Gasteiger partial charge in [0.15, 0.2) is 12.3 Å². The van der Waals surface area contributed by atoms with Crippen LogP contribution in [0, 0.1) is 6.92 Å². The van der Waals surface area contributed by atoms with Crippen LogP contribution in [-0.2, 0) is 27.4 Å². The van der Waals surface area contributed by atoms with Gasteiger partial charge in [-0.3, -0.25) is 9.36 Å². The van der Waals surface area contributed by atoms with Crippen molar-refractivity contribution in [2.45, 2.75) is 63.1 Å². The van der Waals surface area contributed by atoms with Gasteiger partial charge in [-0.25, -0.2) is 0 Å². The molecule has 3 aromatic rings. The van der Waals surface area contributed by atoms with Gasteiger partial charge < -0.3 is 18.9 Å². The predicted molar refractivity (Wildman–Crippen MR) is 120 cm³/mol. The second-order valence-electron chi connectivity index (χ2n) is 9.01. The Labute approximate surface area is 191 Å². The fourth-order valence-corrected chi connectivity index (χ4v) is 5.23. The van der Waals surface area contributed by atoms with Crippen LogP contribution in [0.5, 0.6) is 6.01 Å². The Morgan fingerprint density at radius 1 is 1.03 bits per heavy atom. The monoisotopic (exact) mass is 446 g/mol. The number of hydrogen-bond acceptors (Lipinski definition) is 6. The summed E-state index contributed by atoms with van der Waals surface area (Å²) in [7, 11) is 0. The van der Waals surface area contributed by atoms with Gasteiger partial charge >= 0.3 is 6.01 Å². The van der Waals surface area contributed by atoms with E-state index >= 15 is 0 Å². The van der Waals surface area contributed by atoms with Crippen LogP contribution in [0.4, 0.5) is 0 Å². The number of ether oxygens (including phenoxy) is 4. The summed E-state index contributed by atoms with van der Waals surface area (Å²) in [5.41, 5.74) is 1.79. The van der Waals surface area contributed by atoms with E-state index in [0.717, 1.165) is 24.0 Å². The highest BCUT2D eigenvalue weighted by Gasteiger charge is 2.68. The first-order chi connectivity index (χ1) is 16.1. The topological polar surface area (TPSA) is 71.8 Å². The quantitative estimate of drug-likeness (QED) is 0.577. The zero-order valence-electron chi connectivity index (χ0n) is 18.4. The molecule has 5 atom stereocenters. The Kier molecular flexibility index (Phi) is 5.05. The molecule has 0 unspecified atom stereocenters. The second kappa shape index (κ2) is 8.09. The smallest absolute Gasteiger partial charge is 0.302 e. The highest BCUT2D eigenvalue weighted by atomic mass is 16.7. The van der Waals surface area contributed by atoms with Gasteiger partial charge in [-0.05, 0) is 30.9 Å². The van der Waals surface area contributed by atoms with Crippen LogP contribution in [0.15, 0.2) is 71.7 Å². The van der Waals surface area contributed by atoms with Crippen LogP contribution in [-0.4, -0.2) is 33.5 Å². The maximum absolute atomic E-state index is 12.1. The first-order valence-corrected chi connectivity index (χ1v) is 11.4. The molecule has 1 saturated carbocycles. The molecule has 3 aliphatic rings. The summed E-state index contributed by atoms with van der Waals surface area (Å²) in [6.45, 7) is 2.71. The minimum absolute atomic E-state index is 0.118. The molecule has 0 bridgehead atoms. The number of benzene rings is 2. The molecule has 7 heteroatoms. The molecule has 0 amide bonds. The van der Waals surface area contributed by atoms with Crippen LogP contribution in [0.1, 0.15) is 35.8 Å². The Morgan fingerprint density at radius 3 is 2.45 bits per heavy atom. The van der Waals surface area contributed by atoms with Gasteiger partial charge in [-0.15, -0.1) is 0 Å². The standard InChI is InChI=1S/C26H26N2O5/c1-17-14-28-24-22(33-25(28)27-23(17)29)26(31-16-19-10-6-3-7-11-19)13-12-20(21(26)32-24)30-15-18-8-4-2-5-9-18/h2-11,14,20-22,24H,12-13,15-16H2,1H3/t20-,21-,22-,24-,26-/m1/s1. The average molecular weight is 447 g/mol. The lowest BCUT2D eigenvalue weighted by molar-refractivity contribution is -0.143. The summed E-state index contributed by atoms with van der Waals surface area (Å²) in [5.74, 6) is 0. The highest BCUT2D eigenvalue weighted by Crippen LogP contribution is 2.54. The summed E-state index contributed by atoms with van der Waals surface area (Å²) < 4.78 is 27.6. The summed E-state index contributed by atoms with van der Waals surface area (Å²) in [5, 5.41) is 0. The molecule has 33 heavy (non-hydrogen) atoms. The Hall–Kier alpha value is -3.00. The summed E-state index contributed by atoms with van der Waals surface area (Å²) >= 11 is 0. The van der Waals surface area contributed by atoms with Crippen LogP contribution >= 0.6 is 0 Å². The molecule has 7 nitrogen and oxygen atoms in total. The van der Waals surface area contributed by atoms with E-state index in [1.807, 2.05) is 53.1 Å². The number of aromatic nitrogens is 2.